The Morgan fingerprint density at radius 2 is 2.38 bits per heavy atom. The first-order valence-corrected chi connectivity index (χ1v) is 6.29. The molecule has 1 fully saturated rings. The van der Waals surface area contributed by atoms with E-state index in [1.54, 1.807) is 0 Å². The van der Waals surface area contributed by atoms with Crippen LogP contribution < -0.4 is 5.32 Å². The summed E-state index contributed by atoms with van der Waals surface area (Å²) in [5.74, 6) is 0.172. The van der Waals surface area contributed by atoms with Gasteiger partial charge in [-0.3, -0.25) is 4.79 Å². The fourth-order valence-corrected chi connectivity index (χ4v) is 1.84. The number of rotatable bonds is 6. The molecule has 0 aromatic carbocycles. The number of likely N-dealkylation sites (N-methyl/N-ethyl adjacent to an activating group) is 1. The molecule has 0 aromatic rings. The first-order chi connectivity index (χ1) is 7.72. The van der Waals surface area contributed by atoms with Crippen LogP contribution in [0, 0.1) is 0 Å². The van der Waals surface area contributed by atoms with Gasteiger partial charge in [0.1, 0.15) is 0 Å². The van der Waals surface area contributed by atoms with Crippen LogP contribution in [0.4, 0.5) is 0 Å². The van der Waals surface area contributed by atoms with E-state index in [-0.39, 0.29) is 12.0 Å². The van der Waals surface area contributed by atoms with E-state index in [4.69, 9.17) is 4.74 Å². The van der Waals surface area contributed by atoms with Crippen molar-refractivity contribution in [1.82, 2.24) is 10.2 Å². The monoisotopic (exact) mass is 228 g/mol. The van der Waals surface area contributed by atoms with Crippen molar-refractivity contribution in [1.29, 1.82) is 0 Å². The fourth-order valence-electron chi connectivity index (χ4n) is 1.84. The second-order valence-corrected chi connectivity index (χ2v) is 4.50. The van der Waals surface area contributed by atoms with Gasteiger partial charge in [-0.05, 0) is 19.9 Å². The number of hydrogen-bond acceptors (Lipinski definition) is 3. The number of unbranched alkanes of at least 4 members (excludes halogenated alkanes) is 1. The van der Waals surface area contributed by atoms with Crippen LogP contribution in [0.15, 0.2) is 0 Å². The largest absolute Gasteiger partial charge is 0.375 e. The fraction of sp³-hybridized carbons (Fsp3) is 0.917. The van der Waals surface area contributed by atoms with Crippen molar-refractivity contribution in [2.75, 3.05) is 33.3 Å². The van der Waals surface area contributed by atoms with Crippen molar-refractivity contribution in [3.63, 3.8) is 0 Å². The first kappa shape index (κ1) is 13.5. The molecular weight excluding hydrogens is 204 g/mol. The lowest BCUT2D eigenvalue weighted by molar-refractivity contribution is -0.121. The Morgan fingerprint density at radius 1 is 1.56 bits per heavy atom. The number of amides is 1. The first-order valence-electron chi connectivity index (χ1n) is 6.29. The van der Waals surface area contributed by atoms with E-state index in [1.165, 1.54) is 0 Å². The van der Waals surface area contributed by atoms with Gasteiger partial charge in [0.25, 0.3) is 0 Å². The van der Waals surface area contributed by atoms with Crippen LogP contribution in [0.3, 0.4) is 0 Å². The van der Waals surface area contributed by atoms with Gasteiger partial charge in [0.15, 0.2) is 0 Å². The summed E-state index contributed by atoms with van der Waals surface area (Å²) in [7, 11) is 2.11. The summed E-state index contributed by atoms with van der Waals surface area (Å²) >= 11 is 0. The van der Waals surface area contributed by atoms with Crippen LogP contribution >= 0.6 is 0 Å². The average Bonchev–Trinajstić information content (AvgIpc) is 2.26. The highest BCUT2D eigenvalue weighted by atomic mass is 16.5. The Balaban J connectivity index is 2.03. The van der Waals surface area contributed by atoms with Crippen molar-refractivity contribution in [3.05, 3.63) is 0 Å². The molecule has 0 unspecified atom stereocenters. The summed E-state index contributed by atoms with van der Waals surface area (Å²) in [6.45, 7) is 5.63. The van der Waals surface area contributed by atoms with Crippen LogP contribution in [0.25, 0.3) is 0 Å². The molecule has 0 aromatic heterocycles. The van der Waals surface area contributed by atoms with Gasteiger partial charge in [0, 0.05) is 26.1 Å². The van der Waals surface area contributed by atoms with Crippen molar-refractivity contribution >= 4 is 5.91 Å². The van der Waals surface area contributed by atoms with E-state index in [2.05, 4.69) is 24.2 Å². The van der Waals surface area contributed by atoms with E-state index in [0.29, 0.717) is 6.42 Å². The number of morpholine rings is 1. The van der Waals surface area contributed by atoms with Gasteiger partial charge in [-0.1, -0.05) is 13.3 Å². The second-order valence-electron chi connectivity index (χ2n) is 4.50. The molecule has 0 radical (unpaired) electrons. The standard InChI is InChI=1S/C12H24N2O2/c1-3-4-5-12(15)13-7-6-11-10-14(2)8-9-16-11/h11H,3-10H2,1-2H3,(H,13,15)/t11-/m1/s1. The zero-order valence-corrected chi connectivity index (χ0v) is 10.5. The van der Waals surface area contributed by atoms with Gasteiger partial charge >= 0.3 is 0 Å². The van der Waals surface area contributed by atoms with Crippen LogP contribution in [0.5, 0.6) is 0 Å². The minimum atomic E-state index is 0.172. The Hall–Kier alpha value is -0.610. The normalized spacial score (nSPS) is 22.0. The molecule has 1 heterocycles. The molecule has 1 N–H and O–H groups in total. The molecule has 1 aliphatic rings. The lowest BCUT2D eigenvalue weighted by Gasteiger charge is -2.30. The second kappa shape index (κ2) is 7.63. The highest BCUT2D eigenvalue weighted by Crippen LogP contribution is 2.05. The maximum absolute atomic E-state index is 11.3. The molecule has 1 rings (SSSR count). The maximum atomic E-state index is 11.3. The van der Waals surface area contributed by atoms with E-state index in [9.17, 15) is 4.79 Å². The summed E-state index contributed by atoms with van der Waals surface area (Å²) in [5.41, 5.74) is 0. The highest BCUT2D eigenvalue weighted by Gasteiger charge is 2.17. The number of carbonyl (C=O) groups excluding carboxylic acids is 1. The Labute approximate surface area is 98.3 Å². The number of carbonyl (C=O) groups is 1. The maximum Gasteiger partial charge on any atom is 0.219 e. The lowest BCUT2D eigenvalue weighted by Crippen LogP contribution is -2.41. The lowest BCUT2D eigenvalue weighted by atomic mass is 10.2. The highest BCUT2D eigenvalue weighted by molar-refractivity contribution is 5.75. The predicted molar refractivity (Wildman–Crippen MR) is 64.4 cm³/mol. The van der Waals surface area contributed by atoms with Crippen LogP contribution in [-0.4, -0.2) is 50.2 Å². The van der Waals surface area contributed by atoms with E-state index in [1.807, 2.05) is 0 Å². The molecule has 94 valence electrons. The summed E-state index contributed by atoms with van der Waals surface area (Å²) in [6.07, 6.45) is 3.91. The summed E-state index contributed by atoms with van der Waals surface area (Å²) < 4.78 is 5.62. The number of hydrogen-bond donors (Lipinski definition) is 1. The number of nitrogens with zero attached hydrogens (tertiary/aromatic N) is 1. The third-order valence-electron chi connectivity index (χ3n) is 2.89. The molecule has 4 nitrogen and oxygen atoms in total. The molecule has 4 heteroatoms. The quantitative estimate of drug-likeness (QED) is 0.738. The topological polar surface area (TPSA) is 41.6 Å². The molecular formula is C12H24N2O2. The van der Waals surface area contributed by atoms with Crippen molar-refractivity contribution in [3.8, 4) is 0 Å². The minimum Gasteiger partial charge on any atom is -0.375 e. The van der Waals surface area contributed by atoms with E-state index >= 15 is 0 Å². The molecule has 1 aliphatic heterocycles. The zero-order chi connectivity index (χ0) is 11.8. The molecule has 1 saturated heterocycles. The molecule has 16 heavy (non-hydrogen) atoms. The zero-order valence-electron chi connectivity index (χ0n) is 10.5. The third kappa shape index (κ3) is 5.47. The van der Waals surface area contributed by atoms with E-state index < -0.39 is 0 Å². The molecule has 0 bridgehead atoms. The van der Waals surface area contributed by atoms with Gasteiger partial charge in [-0.2, -0.15) is 0 Å². The van der Waals surface area contributed by atoms with Gasteiger partial charge in [-0.15, -0.1) is 0 Å². The van der Waals surface area contributed by atoms with Gasteiger partial charge in [0.2, 0.25) is 5.91 Å². The van der Waals surface area contributed by atoms with E-state index in [0.717, 1.165) is 45.5 Å². The number of nitrogens with one attached hydrogen (secondary N) is 1. The Morgan fingerprint density at radius 3 is 3.06 bits per heavy atom. The van der Waals surface area contributed by atoms with Gasteiger partial charge < -0.3 is 15.0 Å². The van der Waals surface area contributed by atoms with Crippen molar-refractivity contribution < 1.29 is 9.53 Å². The van der Waals surface area contributed by atoms with Crippen LogP contribution in [-0.2, 0) is 9.53 Å². The van der Waals surface area contributed by atoms with Crippen LogP contribution in [0.1, 0.15) is 32.6 Å². The average molecular weight is 228 g/mol. The van der Waals surface area contributed by atoms with Gasteiger partial charge in [-0.25, -0.2) is 0 Å². The van der Waals surface area contributed by atoms with Crippen molar-refractivity contribution in [2.24, 2.45) is 0 Å². The summed E-state index contributed by atoms with van der Waals surface area (Å²) in [4.78, 5) is 13.6. The minimum absolute atomic E-state index is 0.172. The molecule has 0 spiro atoms. The predicted octanol–water partition coefficient (Wildman–Crippen LogP) is 1.01. The Kier molecular flexibility index (Phi) is 6.42. The Bertz CT molecular complexity index is 209. The molecule has 0 aliphatic carbocycles. The number of ether oxygens (including phenoxy) is 1. The van der Waals surface area contributed by atoms with Crippen LogP contribution in [0.2, 0.25) is 0 Å². The molecule has 1 atom stereocenters. The summed E-state index contributed by atoms with van der Waals surface area (Å²) in [5, 5.41) is 2.94. The third-order valence-corrected chi connectivity index (χ3v) is 2.89. The van der Waals surface area contributed by atoms with Gasteiger partial charge in [0.05, 0.1) is 12.7 Å². The molecule has 1 amide bonds. The summed E-state index contributed by atoms with van der Waals surface area (Å²) in [6, 6.07) is 0. The molecule has 0 saturated carbocycles. The smallest absolute Gasteiger partial charge is 0.219 e. The van der Waals surface area contributed by atoms with Crippen molar-refractivity contribution in [2.45, 2.75) is 38.7 Å². The SMILES string of the molecule is CCCCC(=O)NCC[C@@H]1CN(C)CCO1.